The van der Waals surface area contributed by atoms with E-state index in [9.17, 15) is 14.9 Å². The van der Waals surface area contributed by atoms with E-state index in [4.69, 9.17) is 0 Å². The van der Waals surface area contributed by atoms with Crippen LogP contribution in [0.15, 0.2) is 36.5 Å². The van der Waals surface area contributed by atoms with Gasteiger partial charge in [0, 0.05) is 33.6 Å². The van der Waals surface area contributed by atoms with E-state index in [-0.39, 0.29) is 5.91 Å². The number of nitrogens with zero attached hydrogens (tertiary/aromatic N) is 2. The van der Waals surface area contributed by atoms with Crippen molar-refractivity contribution >= 4 is 29.0 Å². The lowest BCUT2D eigenvalue weighted by Gasteiger charge is -2.14. The first-order valence-corrected chi connectivity index (χ1v) is 11.2. The molecule has 2 aromatic heterocycles. The second-order valence-electron chi connectivity index (χ2n) is 7.97. The number of hydrogen-bond acceptors (Lipinski definition) is 4. The van der Waals surface area contributed by atoms with Gasteiger partial charge in [0.25, 0.3) is 5.91 Å². The molecule has 1 aliphatic carbocycles. The fourth-order valence-electron chi connectivity index (χ4n) is 4.18. The van der Waals surface area contributed by atoms with Crippen molar-refractivity contribution in [2.45, 2.75) is 46.5 Å². The maximum absolute atomic E-state index is 13.4. The molecule has 0 atom stereocenters. The van der Waals surface area contributed by atoms with Gasteiger partial charge < -0.3 is 9.88 Å². The molecule has 0 spiro atoms. The second-order valence-corrected chi connectivity index (χ2v) is 9.06. The SMILES string of the molecule is Cc1ccc(NC(=O)c2c(-n3c(C)cc(/C=C/[N+](=O)[O-])c3C)sc3c2CCCC3)cc1. The fourth-order valence-corrected chi connectivity index (χ4v) is 5.68. The lowest BCUT2D eigenvalue weighted by Crippen LogP contribution is -2.17. The predicted molar refractivity (Wildman–Crippen MR) is 125 cm³/mol. The Balaban J connectivity index is 1.80. The molecule has 1 amide bonds. The predicted octanol–water partition coefficient (Wildman–Crippen LogP) is 5.84. The number of aromatic nitrogens is 1. The number of nitrogens with one attached hydrogen (secondary N) is 1. The highest BCUT2D eigenvalue weighted by Crippen LogP contribution is 2.39. The van der Waals surface area contributed by atoms with Crippen LogP contribution in [-0.2, 0) is 12.8 Å². The number of thiophene rings is 1. The maximum atomic E-state index is 13.4. The number of carbonyl (C=O) groups excluding carboxylic acids is 1. The summed E-state index contributed by atoms with van der Waals surface area (Å²) in [7, 11) is 0. The van der Waals surface area contributed by atoms with Gasteiger partial charge in [-0.15, -0.1) is 11.3 Å². The number of amides is 1. The Morgan fingerprint density at radius 1 is 1.16 bits per heavy atom. The molecule has 0 unspecified atom stereocenters. The molecule has 0 fully saturated rings. The summed E-state index contributed by atoms with van der Waals surface area (Å²) in [5.41, 5.74) is 6.40. The Hall–Kier alpha value is -3.19. The minimum atomic E-state index is -0.462. The molecule has 1 N–H and O–H groups in total. The summed E-state index contributed by atoms with van der Waals surface area (Å²) in [5.74, 6) is -0.104. The van der Waals surface area contributed by atoms with Gasteiger partial charge >= 0.3 is 0 Å². The van der Waals surface area contributed by atoms with Crippen LogP contribution in [0.2, 0.25) is 0 Å². The van der Waals surface area contributed by atoms with Gasteiger partial charge in [0.05, 0.1) is 10.5 Å². The summed E-state index contributed by atoms with van der Waals surface area (Å²) >= 11 is 1.67. The first-order chi connectivity index (χ1) is 14.8. The molecule has 6 nitrogen and oxygen atoms in total. The molecule has 4 rings (SSSR count). The van der Waals surface area contributed by atoms with Gasteiger partial charge in [-0.3, -0.25) is 14.9 Å². The Morgan fingerprint density at radius 3 is 2.58 bits per heavy atom. The van der Waals surface area contributed by atoms with Crippen molar-refractivity contribution in [3.05, 3.63) is 85.2 Å². The van der Waals surface area contributed by atoms with E-state index in [1.807, 2.05) is 51.1 Å². The molecule has 2 heterocycles. The average Bonchev–Trinajstić information content (AvgIpc) is 3.24. The summed E-state index contributed by atoms with van der Waals surface area (Å²) < 4.78 is 2.06. The van der Waals surface area contributed by atoms with Crippen molar-refractivity contribution in [3.63, 3.8) is 0 Å². The number of benzene rings is 1. The minimum Gasteiger partial charge on any atom is -0.322 e. The van der Waals surface area contributed by atoms with Gasteiger partial charge in [-0.25, -0.2) is 0 Å². The third-order valence-corrected chi connectivity index (χ3v) is 7.02. The Bertz CT molecular complexity index is 1190. The molecular weight excluding hydrogens is 410 g/mol. The molecule has 31 heavy (non-hydrogen) atoms. The first-order valence-electron chi connectivity index (χ1n) is 10.4. The molecular formula is C24H25N3O3S. The van der Waals surface area contributed by atoms with Gasteiger partial charge in [0.2, 0.25) is 6.20 Å². The molecule has 0 aliphatic heterocycles. The Morgan fingerprint density at radius 2 is 1.87 bits per heavy atom. The van der Waals surface area contributed by atoms with Crippen molar-refractivity contribution in [3.8, 4) is 5.00 Å². The van der Waals surface area contributed by atoms with E-state index in [1.165, 1.54) is 11.0 Å². The minimum absolute atomic E-state index is 0.104. The summed E-state index contributed by atoms with van der Waals surface area (Å²) in [4.78, 5) is 25.0. The zero-order chi connectivity index (χ0) is 22.1. The van der Waals surface area contributed by atoms with Crippen molar-refractivity contribution in [2.75, 3.05) is 5.32 Å². The van der Waals surface area contributed by atoms with Crippen LogP contribution in [0.1, 0.15) is 56.2 Å². The topological polar surface area (TPSA) is 77.2 Å². The standard InChI is InChI=1S/C24H25N3O3S/c1-15-8-10-19(11-9-15)25-23(28)22-20-6-4-5-7-21(20)31-24(22)27-16(2)14-18(17(27)3)12-13-26(29)30/h8-14H,4-7H2,1-3H3,(H,25,28)/b13-12+. The number of aryl methyl sites for hydroxylation is 3. The van der Waals surface area contributed by atoms with Crippen molar-refractivity contribution in [2.24, 2.45) is 0 Å². The molecule has 0 radical (unpaired) electrons. The highest BCUT2D eigenvalue weighted by atomic mass is 32.1. The fraction of sp³-hybridized carbons (Fsp3) is 0.292. The number of nitro groups is 1. The molecule has 1 aliphatic rings. The van der Waals surface area contributed by atoms with Gasteiger partial charge in [0.15, 0.2) is 0 Å². The monoisotopic (exact) mass is 435 g/mol. The number of carbonyl (C=O) groups is 1. The van der Waals surface area contributed by atoms with E-state index in [0.29, 0.717) is 0 Å². The maximum Gasteiger partial charge on any atom is 0.258 e. The van der Waals surface area contributed by atoms with Crippen LogP contribution in [0.4, 0.5) is 5.69 Å². The Kier molecular flexibility index (Phi) is 5.78. The van der Waals surface area contributed by atoms with E-state index in [0.717, 1.165) is 76.2 Å². The third kappa shape index (κ3) is 4.18. The van der Waals surface area contributed by atoms with Crippen molar-refractivity contribution < 1.29 is 9.72 Å². The van der Waals surface area contributed by atoms with Crippen LogP contribution < -0.4 is 5.32 Å². The molecule has 0 saturated carbocycles. The molecule has 160 valence electrons. The van der Waals surface area contributed by atoms with Crippen molar-refractivity contribution in [1.29, 1.82) is 0 Å². The highest BCUT2D eigenvalue weighted by Gasteiger charge is 2.28. The quantitative estimate of drug-likeness (QED) is 0.404. The van der Waals surface area contributed by atoms with Crippen LogP contribution in [0.25, 0.3) is 11.1 Å². The third-order valence-electron chi connectivity index (χ3n) is 5.74. The summed E-state index contributed by atoms with van der Waals surface area (Å²) in [6, 6.07) is 9.72. The lowest BCUT2D eigenvalue weighted by atomic mass is 9.95. The largest absolute Gasteiger partial charge is 0.322 e. The first kappa shape index (κ1) is 21.1. The van der Waals surface area contributed by atoms with Crippen LogP contribution in [0.3, 0.4) is 0 Å². The number of rotatable bonds is 5. The smallest absolute Gasteiger partial charge is 0.258 e. The number of anilines is 1. The van der Waals surface area contributed by atoms with Gasteiger partial charge in [0.1, 0.15) is 5.00 Å². The van der Waals surface area contributed by atoms with Crippen LogP contribution in [0, 0.1) is 30.9 Å². The molecule has 3 aromatic rings. The molecule has 1 aromatic carbocycles. The van der Waals surface area contributed by atoms with E-state index in [2.05, 4.69) is 9.88 Å². The molecule has 0 bridgehead atoms. The van der Waals surface area contributed by atoms with Crippen LogP contribution in [-0.4, -0.2) is 15.4 Å². The normalized spacial score (nSPS) is 13.4. The van der Waals surface area contributed by atoms with Gasteiger partial charge in [-0.05, 0) is 70.2 Å². The highest BCUT2D eigenvalue weighted by molar-refractivity contribution is 7.15. The van der Waals surface area contributed by atoms with E-state index in [1.54, 1.807) is 11.3 Å². The lowest BCUT2D eigenvalue weighted by molar-refractivity contribution is -0.400. The molecule has 0 saturated heterocycles. The summed E-state index contributed by atoms with van der Waals surface area (Å²) in [6.07, 6.45) is 6.56. The van der Waals surface area contributed by atoms with Crippen molar-refractivity contribution in [1.82, 2.24) is 4.57 Å². The average molecular weight is 436 g/mol. The summed E-state index contributed by atoms with van der Waals surface area (Å²) in [6.45, 7) is 5.92. The zero-order valence-electron chi connectivity index (χ0n) is 17.9. The van der Waals surface area contributed by atoms with Crippen LogP contribution >= 0.6 is 11.3 Å². The number of fused-ring (bicyclic) bond motifs is 1. The van der Waals surface area contributed by atoms with E-state index < -0.39 is 4.92 Å². The second kappa shape index (κ2) is 8.51. The van der Waals surface area contributed by atoms with Gasteiger partial charge in [-0.2, -0.15) is 0 Å². The van der Waals surface area contributed by atoms with E-state index >= 15 is 0 Å². The number of hydrogen-bond donors (Lipinski definition) is 1. The molecule has 7 heteroatoms. The zero-order valence-corrected chi connectivity index (χ0v) is 18.7. The summed E-state index contributed by atoms with van der Waals surface area (Å²) in [5, 5.41) is 14.7. The van der Waals surface area contributed by atoms with Crippen LogP contribution in [0.5, 0.6) is 0 Å². The van der Waals surface area contributed by atoms with Gasteiger partial charge in [-0.1, -0.05) is 17.7 Å². The Labute approximate surface area is 185 Å².